The Hall–Kier alpha value is -2.26. The number of aliphatic hydroxyl groups excluding tert-OH is 1. The van der Waals surface area contributed by atoms with Crippen molar-refractivity contribution in [2.75, 3.05) is 13.2 Å². The van der Waals surface area contributed by atoms with Gasteiger partial charge in [-0.15, -0.1) is 0 Å². The minimum absolute atomic E-state index is 0.000960. The van der Waals surface area contributed by atoms with Crippen LogP contribution in [0.1, 0.15) is 199 Å². The van der Waals surface area contributed by atoms with Gasteiger partial charge in [-0.1, -0.05) is 153 Å². The summed E-state index contributed by atoms with van der Waals surface area (Å²) in [4.78, 5) is 0. The summed E-state index contributed by atoms with van der Waals surface area (Å²) < 4.78 is 12.6. The lowest BCUT2D eigenvalue weighted by Gasteiger charge is -2.20. The molecule has 3 nitrogen and oxygen atoms in total. The fourth-order valence-corrected chi connectivity index (χ4v) is 6.10. The van der Waals surface area contributed by atoms with Gasteiger partial charge < -0.3 is 14.6 Å². The van der Waals surface area contributed by atoms with Gasteiger partial charge in [-0.25, -0.2) is 0 Å². The zero-order valence-electron chi connectivity index (χ0n) is 32.7. The van der Waals surface area contributed by atoms with Crippen molar-refractivity contribution in [3.63, 3.8) is 0 Å². The average Bonchev–Trinajstić information content (AvgIpc) is 3.10. The zero-order valence-corrected chi connectivity index (χ0v) is 32.7. The lowest BCUT2D eigenvalue weighted by Crippen LogP contribution is -2.07. The minimum atomic E-state index is 0.000960. The van der Waals surface area contributed by atoms with Gasteiger partial charge in [0.25, 0.3) is 0 Å². The maximum Gasteiger partial charge on any atom is 0.126 e. The molecule has 0 atom stereocenters. The molecule has 0 spiro atoms. The topological polar surface area (TPSA) is 38.7 Å². The van der Waals surface area contributed by atoms with Crippen molar-refractivity contribution >= 4 is 0 Å². The normalized spacial score (nSPS) is 12.2. The predicted octanol–water partition coefficient (Wildman–Crippen LogP) is 14.7. The van der Waals surface area contributed by atoms with E-state index in [2.05, 4.69) is 76.3 Å². The molecule has 49 heavy (non-hydrogen) atoms. The average molecular weight is 679 g/mol. The van der Waals surface area contributed by atoms with Gasteiger partial charge >= 0.3 is 0 Å². The Balaban J connectivity index is 2.22. The van der Waals surface area contributed by atoms with Gasteiger partial charge in [0.15, 0.2) is 0 Å². The molecule has 0 saturated heterocycles. The Bertz CT molecular complexity index is 915. The zero-order chi connectivity index (χ0) is 35.5. The molecule has 0 bridgehead atoms. The molecule has 0 aliphatic heterocycles. The van der Waals surface area contributed by atoms with Crippen LogP contribution in [-0.2, 0) is 6.61 Å². The standard InChI is InChI=1S/C46H78O3/c1-5-7-9-11-13-15-17-19-21-23-25-27-29-31-33-35-37-48-44-39-43(41-47)40-45(46(44)42(3)4)49-38-36-34-32-30-28-26-24-22-20-18-16-14-12-10-8-6-2/h13-16,19-22,39-40,42,47H,5-12,17-18,23-38,41H2,1-4H3/b15-13-,16-14-,21-19-,22-20-. The second-order valence-electron chi connectivity index (χ2n) is 14.2. The van der Waals surface area contributed by atoms with E-state index in [0.29, 0.717) is 19.1 Å². The van der Waals surface area contributed by atoms with Crippen LogP contribution >= 0.6 is 0 Å². The molecule has 0 aliphatic rings. The molecule has 0 amide bonds. The van der Waals surface area contributed by atoms with Gasteiger partial charge in [0.05, 0.1) is 19.8 Å². The molecular weight excluding hydrogens is 601 g/mol. The SMILES string of the molecule is CCCCC/C=C\C/C=C\CCCCCCCCOc1cc(CO)cc(OCCCCCCCC/C=C\C/C=C\CCCCC)c1C(C)C. The summed E-state index contributed by atoms with van der Waals surface area (Å²) in [6.07, 6.45) is 48.5. The predicted molar refractivity (Wildman–Crippen MR) is 216 cm³/mol. The van der Waals surface area contributed by atoms with Crippen molar-refractivity contribution in [2.45, 2.75) is 194 Å². The molecule has 0 heterocycles. The summed E-state index contributed by atoms with van der Waals surface area (Å²) in [5.74, 6) is 2.07. The summed E-state index contributed by atoms with van der Waals surface area (Å²) in [6.45, 7) is 10.4. The van der Waals surface area contributed by atoms with Crippen LogP contribution in [0.3, 0.4) is 0 Å². The first-order valence-corrected chi connectivity index (χ1v) is 20.8. The van der Waals surface area contributed by atoms with Gasteiger partial charge in [0.1, 0.15) is 11.5 Å². The van der Waals surface area contributed by atoms with Crippen molar-refractivity contribution in [3.8, 4) is 11.5 Å². The molecule has 1 rings (SSSR count). The van der Waals surface area contributed by atoms with Crippen LogP contribution in [0.4, 0.5) is 0 Å². The molecule has 0 unspecified atom stereocenters. The Morgan fingerprint density at radius 3 is 1.18 bits per heavy atom. The van der Waals surface area contributed by atoms with Crippen molar-refractivity contribution < 1.29 is 14.6 Å². The van der Waals surface area contributed by atoms with E-state index in [-0.39, 0.29) is 6.61 Å². The number of hydrogen-bond donors (Lipinski definition) is 1. The number of hydrogen-bond acceptors (Lipinski definition) is 3. The maximum atomic E-state index is 9.93. The molecule has 1 N–H and O–H groups in total. The highest BCUT2D eigenvalue weighted by Crippen LogP contribution is 2.37. The Kier molecular flexibility index (Phi) is 31.2. The molecule has 0 radical (unpaired) electrons. The van der Waals surface area contributed by atoms with Gasteiger partial charge in [-0.2, -0.15) is 0 Å². The van der Waals surface area contributed by atoms with Crippen LogP contribution in [0.15, 0.2) is 60.7 Å². The van der Waals surface area contributed by atoms with Crippen molar-refractivity contribution in [3.05, 3.63) is 71.9 Å². The third kappa shape index (κ3) is 26.2. The van der Waals surface area contributed by atoms with E-state index in [1.165, 1.54) is 128 Å². The van der Waals surface area contributed by atoms with E-state index in [9.17, 15) is 5.11 Å². The third-order valence-electron chi connectivity index (χ3n) is 9.13. The number of aliphatic hydroxyl groups is 1. The molecule has 0 aromatic heterocycles. The molecule has 280 valence electrons. The lowest BCUT2D eigenvalue weighted by molar-refractivity contribution is 0.268. The molecule has 0 fully saturated rings. The van der Waals surface area contributed by atoms with Gasteiger partial charge in [0.2, 0.25) is 0 Å². The number of rotatable bonds is 34. The molecule has 0 aliphatic carbocycles. The summed E-state index contributed by atoms with van der Waals surface area (Å²) in [5, 5.41) is 9.93. The summed E-state index contributed by atoms with van der Waals surface area (Å²) in [6, 6.07) is 4.02. The van der Waals surface area contributed by atoms with Crippen LogP contribution < -0.4 is 9.47 Å². The second kappa shape index (κ2) is 34.2. The fourth-order valence-electron chi connectivity index (χ4n) is 6.10. The quantitative estimate of drug-likeness (QED) is 0.0582. The first kappa shape index (κ1) is 44.8. The molecule has 3 heteroatoms. The largest absolute Gasteiger partial charge is 0.493 e. The van der Waals surface area contributed by atoms with E-state index in [0.717, 1.165) is 48.3 Å². The number of benzene rings is 1. The van der Waals surface area contributed by atoms with Crippen molar-refractivity contribution in [1.82, 2.24) is 0 Å². The second-order valence-corrected chi connectivity index (χ2v) is 14.2. The monoisotopic (exact) mass is 679 g/mol. The Morgan fingerprint density at radius 2 is 0.837 bits per heavy atom. The van der Waals surface area contributed by atoms with Crippen molar-refractivity contribution in [1.29, 1.82) is 0 Å². The van der Waals surface area contributed by atoms with E-state index < -0.39 is 0 Å². The highest BCUT2D eigenvalue weighted by Gasteiger charge is 2.17. The van der Waals surface area contributed by atoms with Crippen LogP contribution in [0.25, 0.3) is 0 Å². The maximum absolute atomic E-state index is 9.93. The minimum Gasteiger partial charge on any atom is -0.493 e. The van der Waals surface area contributed by atoms with Crippen molar-refractivity contribution in [2.24, 2.45) is 0 Å². The summed E-state index contributed by atoms with van der Waals surface area (Å²) in [5.41, 5.74) is 2.00. The molecular formula is C46H78O3. The van der Waals surface area contributed by atoms with Gasteiger partial charge in [0, 0.05) is 5.56 Å². The smallest absolute Gasteiger partial charge is 0.126 e. The Labute approximate surface area is 304 Å². The van der Waals surface area contributed by atoms with Crippen LogP contribution in [0, 0.1) is 0 Å². The number of unbranched alkanes of at least 4 members (excludes halogenated alkanes) is 18. The third-order valence-corrected chi connectivity index (χ3v) is 9.13. The molecule has 1 aromatic rings. The number of allylic oxidation sites excluding steroid dienone is 8. The lowest BCUT2D eigenvalue weighted by atomic mass is 9.98. The van der Waals surface area contributed by atoms with E-state index >= 15 is 0 Å². The first-order valence-electron chi connectivity index (χ1n) is 20.8. The highest BCUT2D eigenvalue weighted by atomic mass is 16.5. The Morgan fingerprint density at radius 1 is 0.490 bits per heavy atom. The number of ether oxygens (including phenoxy) is 2. The summed E-state index contributed by atoms with van der Waals surface area (Å²) in [7, 11) is 0. The van der Waals surface area contributed by atoms with Gasteiger partial charge in [-0.05, 0) is 101 Å². The fraction of sp³-hybridized carbons (Fsp3) is 0.696. The highest BCUT2D eigenvalue weighted by molar-refractivity contribution is 5.50. The van der Waals surface area contributed by atoms with E-state index in [1.807, 2.05) is 12.1 Å². The summed E-state index contributed by atoms with van der Waals surface area (Å²) >= 11 is 0. The van der Waals surface area contributed by atoms with E-state index in [1.54, 1.807) is 0 Å². The molecule has 0 saturated carbocycles. The molecule has 1 aromatic carbocycles. The van der Waals surface area contributed by atoms with Crippen LogP contribution in [0.5, 0.6) is 11.5 Å². The first-order chi connectivity index (χ1) is 24.1. The van der Waals surface area contributed by atoms with Crippen LogP contribution in [0.2, 0.25) is 0 Å². The van der Waals surface area contributed by atoms with Crippen LogP contribution in [-0.4, -0.2) is 18.3 Å². The van der Waals surface area contributed by atoms with E-state index in [4.69, 9.17) is 9.47 Å². The van der Waals surface area contributed by atoms with Gasteiger partial charge in [-0.3, -0.25) is 0 Å².